The quantitative estimate of drug-likeness (QED) is 0.836. The highest BCUT2D eigenvalue weighted by atomic mass is 79.9. The molecule has 0 aliphatic carbocycles. The lowest BCUT2D eigenvalue weighted by atomic mass is 9.97. The number of halogens is 1. The third-order valence-electron chi connectivity index (χ3n) is 3.32. The fourth-order valence-corrected chi connectivity index (χ4v) is 2.71. The van der Waals surface area contributed by atoms with Crippen molar-refractivity contribution in [1.82, 2.24) is 5.32 Å². The Labute approximate surface area is 106 Å². The Balaban J connectivity index is 1.91. The van der Waals surface area contributed by atoms with Crippen LogP contribution in [0.2, 0.25) is 0 Å². The molecule has 3 N–H and O–H groups in total. The van der Waals surface area contributed by atoms with Crippen LogP contribution in [0.15, 0.2) is 22.7 Å². The molecule has 2 nitrogen and oxygen atoms in total. The predicted octanol–water partition coefficient (Wildman–Crippen LogP) is 3.11. The molecule has 0 amide bonds. The molecule has 1 aliphatic heterocycles. The molecule has 0 bridgehead atoms. The van der Waals surface area contributed by atoms with Crippen LogP contribution in [0.3, 0.4) is 0 Å². The largest absolute Gasteiger partial charge is 0.398 e. The predicted molar refractivity (Wildman–Crippen MR) is 72.5 cm³/mol. The second kappa shape index (κ2) is 5.69. The molecule has 1 aromatic rings. The molecular formula is C13H19BrN2. The second-order valence-electron chi connectivity index (χ2n) is 4.50. The van der Waals surface area contributed by atoms with Crippen LogP contribution in [-0.2, 0) is 6.42 Å². The van der Waals surface area contributed by atoms with Crippen molar-refractivity contribution in [2.24, 2.45) is 0 Å². The summed E-state index contributed by atoms with van der Waals surface area (Å²) in [5, 5.41) is 3.57. The summed E-state index contributed by atoms with van der Waals surface area (Å²) in [4.78, 5) is 0. The molecule has 1 unspecified atom stereocenters. The van der Waals surface area contributed by atoms with E-state index in [1.54, 1.807) is 0 Å². The molecular weight excluding hydrogens is 264 g/mol. The van der Waals surface area contributed by atoms with Crippen LogP contribution in [-0.4, -0.2) is 12.6 Å². The summed E-state index contributed by atoms with van der Waals surface area (Å²) in [6.45, 7) is 1.18. The summed E-state index contributed by atoms with van der Waals surface area (Å²) >= 11 is 3.47. The van der Waals surface area contributed by atoms with Crippen molar-refractivity contribution >= 4 is 21.6 Å². The standard InChI is InChI=1S/C13H19BrN2/c14-12-6-3-4-10(13(12)15)7-8-11-5-1-2-9-16-11/h3-4,6,11,16H,1-2,5,7-9,15H2. The molecule has 0 radical (unpaired) electrons. The summed E-state index contributed by atoms with van der Waals surface area (Å²) in [7, 11) is 0. The Morgan fingerprint density at radius 2 is 2.25 bits per heavy atom. The van der Waals surface area contributed by atoms with E-state index < -0.39 is 0 Å². The number of nitrogens with two attached hydrogens (primary N) is 1. The van der Waals surface area contributed by atoms with E-state index in [9.17, 15) is 0 Å². The van der Waals surface area contributed by atoms with Gasteiger partial charge in [-0.1, -0.05) is 18.6 Å². The van der Waals surface area contributed by atoms with Gasteiger partial charge >= 0.3 is 0 Å². The first-order chi connectivity index (χ1) is 7.77. The minimum atomic E-state index is 0.687. The number of nitrogen functional groups attached to an aromatic ring is 1. The van der Waals surface area contributed by atoms with Crippen molar-refractivity contribution in [3.63, 3.8) is 0 Å². The van der Waals surface area contributed by atoms with Gasteiger partial charge in [-0.3, -0.25) is 0 Å². The van der Waals surface area contributed by atoms with Gasteiger partial charge < -0.3 is 11.1 Å². The van der Waals surface area contributed by atoms with Crippen molar-refractivity contribution in [2.45, 2.75) is 38.1 Å². The molecule has 16 heavy (non-hydrogen) atoms. The average Bonchev–Trinajstić information content (AvgIpc) is 2.32. The Kier molecular flexibility index (Phi) is 4.24. The van der Waals surface area contributed by atoms with Gasteiger partial charge in [0.1, 0.15) is 0 Å². The number of aryl methyl sites for hydroxylation is 1. The highest BCUT2D eigenvalue weighted by Gasteiger charge is 2.13. The van der Waals surface area contributed by atoms with Crippen LogP contribution in [0.1, 0.15) is 31.2 Å². The smallest absolute Gasteiger partial charge is 0.0491 e. The number of nitrogens with one attached hydrogen (secondary N) is 1. The third kappa shape index (κ3) is 2.98. The van der Waals surface area contributed by atoms with Gasteiger partial charge in [-0.25, -0.2) is 0 Å². The molecule has 0 aromatic heterocycles. The molecule has 1 aliphatic rings. The van der Waals surface area contributed by atoms with Gasteiger partial charge in [0, 0.05) is 16.2 Å². The lowest BCUT2D eigenvalue weighted by Gasteiger charge is -2.23. The zero-order chi connectivity index (χ0) is 11.4. The SMILES string of the molecule is Nc1c(Br)cccc1CCC1CCCCN1. The van der Waals surface area contributed by atoms with Crippen molar-refractivity contribution in [2.75, 3.05) is 12.3 Å². The van der Waals surface area contributed by atoms with E-state index in [-0.39, 0.29) is 0 Å². The Bertz CT molecular complexity index is 346. The zero-order valence-electron chi connectivity index (χ0n) is 9.51. The van der Waals surface area contributed by atoms with Crippen molar-refractivity contribution in [3.05, 3.63) is 28.2 Å². The number of piperidine rings is 1. The minimum absolute atomic E-state index is 0.687. The van der Waals surface area contributed by atoms with Crippen LogP contribution in [0.25, 0.3) is 0 Å². The Hall–Kier alpha value is -0.540. The topological polar surface area (TPSA) is 38.0 Å². The molecule has 1 saturated heterocycles. The number of hydrogen-bond donors (Lipinski definition) is 2. The number of hydrogen-bond acceptors (Lipinski definition) is 2. The normalized spacial score (nSPS) is 20.9. The molecule has 3 heteroatoms. The molecule has 1 atom stereocenters. The lowest BCUT2D eigenvalue weighted by Crippen LogP contribution is -2.34. The molecule has 0 saturated carbocycles. The van der Waals surface area contributed by atoms with Crippen LogP contribution in [0.4, 0.5) is 5.69 Å². The van der Waals surface area contributed by atoms with Gasteiger partial charge in [-0.2, -0.15) is 0 Å². The average molecular weight is 283 g/mol. The summed E-state index contributed by atoms with van der Waals surface area (Å²) in [6, 6.07) is 6.87. The van der Waals surface area contributed by atoms with Gasteiger partial charge in [0.15, 0.2) is 0 Å². The van der Waals surface area contributed by atoms with Crippen molar-refractivity contribution < 1.29 is 0 Å². The molecule has 2 rings (SSSR count). The number of rotatable bonds is 3. The maximum Gasteiger partial charge on any atom is 0.0491 e. The van der Waals surface area contributed by atoms with Gasteiger partial charge in [0.25, 0.3) is 0 Å². The summed E-state index contributed by atoms with van der Waals surface area (Å²) in [5.74, 6) is 0. The monoisotopic (exact) mass is 282 g/mol. The van der Waals surface area contributed by atoms with E-state index in [1.165, 1.54) is 37.8 Å². The minimum Gasteiger partial charge on any atom is -0.398 e. The molecule has 1 heterocycles. The van der Waals surface area contributed by atoms with E-state index in [0.29, 0.717) is 6.04 Å². The van der Waals surface area contributed by atoms with Crippen LogP contribution in [0.5, 0.6) is 0 Å². The maximum atomic E-state index is 6.03. The first kappa shape index (κ1) is 11.9. The molecule has 0 spiro atoms. The van der Waals surface area contributed by atoms with Gasteiger partial charge in [0.05, 0.1) is 0 Å². The molecule has 88 valence electrons. The lowest BCUT2D eigenvalue weighted by molar-refractivity contribution is 0.383. The molecule has 1 fully saturated rings. The van der Waals surface area contributed by atoms with E-state index in [0.717, 1.165) is 16.6 Å². The van der Waals surface area contributed by atoms with Gasteiger partial charge in [-0.15, -0.1) is 0 Å². The fraction of sp³-hybridized carbons (Fsp3) is 0.538. The number of anilines is 1. The first-order valence-electron chi connectivity index (χ1n) is 6.03. The Morgan fingerprint density at radius 3 is 3.00 bits per heavy atom. The zero-order valence-corrected chi connectivity index (χ0v) is 11.1. The van der Waals surface area contributed by atoms with Gasteiger partial charge in [0.2, 0.25) is 0 Å². The van der Waals surface area contributed by atoms with Crippen molar-refractivity contribution in [3.8, 4) is 0 Å². The first-order valence-corrected chi connectivity index (χ1v) is 6.83. The van der Waals surface area contributed by atoms with Crippen molar-refractivity contribution in [1.29, 1.82) is 0 Å². The van der Waals surface area contributed by atoms with E-state index in [4.69, 9.17) is 5.73 Å². The summed E-state index contributed by atoms with van der Waals surface area (Å²) in [5.41, 5.74) is 8.20. The summed E-state index contributed by atoms with van der Waals surface area (Å²) in [6.07, 6.45) is 6.28. The third-order valence-corrected chi connectivity index (χ3v) is 4.01. The van der Waals surface area contributed by atoms with E-state index in [1.807, 2.05) is 6.07 Å². The fourth-order valence-electron chi connectivity index (χ4n) is 2.30. The van der Waals surface area contributed by atoms with E-state index >= 15 is 0 Å². The number of para-hydroxylation sites is 1. The van der Waals surface area contributed by atoms with Crippen LogP contribution < -0.4 is 11.1 Å². The highest BCUT2D eigenvalue weighted by Crippen LogP contribution is 2.24. The maximum absolute atomic E-state index is 6.03. The van der Waals surface area contributed by atoms with Gasteiger partial charge in [-0.05, 0) is 59.8 Å². The number of benzene rings is 1. The summed E-state index contributed by atoms with van der Waals surface area (Å²) < 4.78 is 1.02. The highest BCUT2D eigenvalue weighted by molar-refractivity contribution is 9.10. The van der Waals surface area contributed by atoms with Crippen LogP contribution in [0, 0.1) is 0 Å². The Morgan fingerprint density at radius 1 is 1.38 bits per heavy atom. The second-order valence-corrected chi connectivity index (χ2v) is 5.35. The van der Waals surface area contributed by atoms with E-state index in [2.05, 4.69) is 33.4 Å². The molecule has 1 aromatic carbocycles. The van der Waals surface area contributed by atoms with Crippen LogP contribution >= 0.6 is 15.9 Å².